The van der Waals surface area contributed by atoms with Gasteiger partial charge in [-0.1, -0.05) is 0 Å². The zero-order chi connectivity index (χ0) is 11.7. The minimum absolute atomic E-state index is 0.0526. The summed E-state index contributed by atoms with van der Waals surface area (Å²) in [6.07, 6.45) is 1.49. The van der Waals surface area contributed by atoms with Gasteiger partial charge in [0.1, 0.15) is 5.03 Å². The lowest BCUT2D eigenvalue weighted by atomic mass is 9.97. The fourth-order valence-corrected chi connectivity index (χ4v) is 2.88. The molecule has 0 spiro atoms. The van der Waals surface area contributed by atoms with E-state index in [4.69, 9.17) is 5.11 Å². The molecule has 0 aromatic carbocycles. The molecule has 84 valence electrons. The van der Waals surface area contributed by atoms with E-state index in [1.807, 2.05) is 0 Å². The van der Waals surface area contributed by atoms with Crippen molar-refractivity contribution in [2.24, 2.45) is 5.41 Å². The highest BCUT2D eigenvalue weighted by molar-refractivity contribution is 7.91. The Kier molecular flexibility index (Phi) is 2.90. The smallest absolute Gasteiger partial charge is 0.310 e. The summed E-state index contributed by atoms with van der Waals surface area (Å²) in [5.41, 5.74) is -1.29. The van der Waals surface area contributed by atoms with Crippen molar-refractivity contribution >= 4 is 15.8 Å². The maximum Gasteiger partial charge on any atom is 0.310 e. The van der Waals surface area contributed by atoms with Gasteiger partial charge in [0.05, 0.1) is 11.2 Å². The van der Waals surface area contributed by atoms with Gasteiger partial charge in [0.25, 0.3) is 0 Å². The van der Waals surface area contributed by atoms with Crippen molar-refractivity contribution in [2.45, 2.75) is 18.9 Å². The van der Waals surface area contributed by atoms with Crippen molar-refractivity contribution in [2.75, 3.05) is 5.75 Å². The van der Waals surface area contributed by atoms with E-state index in [2.05, 4.69) is 4.98 Å². The number of aromatic amines is 1. The molecule has 1 heterocycles. The molecular weight excluding hydrogens is 218 g/mol. The number of hydrogen-bond donors (Lipinski definition) is 2. The van der Waals surface area contributed by atoms with E-state index in [0.29, 0.717) is 0 Å². The lowest BCUT2D eigenvalue weighted by Gasteiger charge is -2.18. The van der Waals surface area contributed by atoms with Crippen LogP contribution in [0.5, 0.6) is 0 Å². The Labute approximate surface area is 88.0 Å². The molecule has 15 heavy (non-hydrogen) atoms. The Balaban J connectivity index is 2.97. The molecule has 0 fully saturated rings. The van der Waals surface area contributed by atoms with Gasteiger partial charge in [-0.3, -0.25) is 4.79 Å². The number of H-pyrrole nitrogens is 1. The van der Waals surface area contributed by atoms with Crippen molar-refractivity contribution in [1.29, 1.82) is 0 Å². The molecule has 0 atom stereocenters. The molecule has 6 heteroatoms. The Bertz CT molecular complexity index is 444. The molecule has 0 aliphatic heterocycles. The number of hydrogen-bond acceptors (Lipinski definition) is 3. The first kappa shape index (κ1) is 11.8. The molecule has 1 aromatic rings. The number of aliphatic carboxylic acids is 1. The monoisotopic (exact) mass is 231 g/mol. The molecule has 0 bridgehead atoms. The third-order valence-electron chi connectivity index (χ3n) is 2.03. The van der Waals surface area contributed by atoms with Gasteiger partial charge in [0.2, 0.25) is 0 Å². The van der Waals surface area contributed by atoms with E-state index in [9.17, 15) is 13.2 Å². The second-order valence-corrected chi connectivity index (χ2v) is 5.94. The fourth-order valence-electron chi connectivity index (χ4n) is 1.12. The van der Waals surface area contributed by atoms with Gasteiger partial charge in [0.15, 0.2) is 9.84 Å². The summed E-state index contributed by atoms with van der Waals surface area (Å²) in [6, 6.07) is 2.97. The van der Waals surface area contributed by atoms with Crippen molar-refractivity contribution < 1.29 is 18.3 Å². The normalized spacial score (nSPS) is 12.7. The predicted octanol–water partition coefficient (Wildman–Crippen LogP) is 0.899. The number of carboxylic acid groups (broad SMARTS) is 1. The summed E-state index contributed by atoms with van der Waals surface area (Å²) < 4.78 is 23.4. The van der Waals surface area contributed by atoms with Crippen LogP contribution in [-0.4, -0.2) is 30.2 Å². The average Bonchev–Trinajstić information content (AvgIpc) is 2.53. The van der Waals surface area contributed by atoms with Crippen LogP contribution in [0.3, 0.4) is 0 Å². The Morgan fingerprint density at radius 2 is 2.13 bits per heavy atom. The standard InChI is InChI=1S/C9H13NO4S/c1-9(2,8(11)12)6-15(13,14)7-4-3-5-10-7/h3-5,10H,6H2,1-2H3,(H,11,12). The van der Waals surface area contributed by atoms with E-state index in [-0.39, 0.29) is 5.03 Å². The van der Waals surface area contributed by atoms with Gasteiger partial charge < -0.3 is 10.1 Å². The van der Waals surface area contributed by atoms with Gasteiger partial charge in [0, 0.05) is 6.20 Å². The van der Waals surface area contributed by atoms with Crippen LogP contribution in [-0.2, 0) is 14.6 Å². The minimum atomic E-state index is -3.56. The van der Waals surface area contributed by atoms with Crippen molar-refractivity contribution in [3.8, 4) is 0 Å². The van der Waals surface area contributed by atoms with Crippen molar-refractivity contribution in [3.05, 3.63) is 18.3 Å². The molecule has 0 saturated carbocycles. The lowest BCUT2D eigenvalue weighted by molar-refractivity contribution is -0.145. The topological polar surface area (TPSA) is 87.2 Å². The van der Waals surface area contributed by atoms with Crippen LogP contribution in [0, 0.1) is 5.41 Å². The van der Waals surface area contributed by atoms with Gasteiger partial charge in [-0.05, 0) is 26.0 Å². The Morgan fingerprint density at radius 3 is 2.53 bits per heavy atom. The van der Waals surface area contributed by atoms with Crippen molar-refractivity contribution in [3.63, 3.8) is 0 Å². The number of carboxylic acids is 1. The maximum absolute atomic E-state index is 11.7. The van der Waals surface area contributed by atoms with Crippen molar-refractivity contribution in [1.82, 2.24) is 4.98 Å². The summed E-state index contributed by atoms with van der Waals surface area (Å²) in [6.45, 7) is 2.77. The van der Waals surface area contributed by atoms with Crippen LogP contribution in [0.1, 0.15) is 13.8 Å². The van der Waals surface area contributed by atoms with E-state index < -0.39 is 27.0 Å². The summed E-state index contributed by atoms with van der Waals surface area (Å²) in [7, 11) is -3.56. The van der Waals surface area contributed by atoms with Crippen LogP contribution in [0.25, 0.3) is 0 Å². The highest BCUT2D eigenvalue weighted by Crippen LogP contribution is 2.21. The van der Waals surface area contributed by atoms with E-state index in [0.717, 1.165) is 0 Å². The maximum atomic E-state index is 11.7. The first-order valence-corrected chi connectivity index (χ1v) is 6.00. The van der Waals surface area contributed by atoms with E-state index >= 15 is 0 Å². The second kappa shape index (κ2) is 3.69. The number of carbonyl (C=O) groups is 1. The highest BCUT2D eigenvalue weighted by Gasteiger charge is 2.34. The summed E-state index contributed by atoms with van der Waals surface area (Å²) in [5.74, 6) is -1.55. The van der Waals surface area contributed by atoms with Gasteiger partial charge in [-0.25, -0.2) is 8.42 Å². The average molecular weight is 231 g/mol. The van der Waals surface area contributed by atoms with Crippen LogP contribution in [0.4, 0.5) is 0 Å². The lowest BCUT2D eigenvalue weighted by Crippen LogP contribution is -2.32. The molecule has 0 saturated heterocycles. The van der Waals surface area contributed by atoms with Gasteiger partial charge in [-0.2, -0.15) is 0 Å². The molecule has 1 rings (SSSR count). The Hall–Kier alpha value is -1.30. The zero-order valence-corrected chi connectivity index (χ0v) is 9.34. The summed E-state index contributed by atoms with van der Waals surface area (Å²) in [5, 5.41) is 8.88. The van der Waals surface area contributed by atoms with Crippen LogP contribution in [0.15, 0.2) is 23.4 Å². The fraction of sp³-hybridized carbons (Fsp3) is 0.444. The summed E-state index contributed by atoms with van der Waals surface area (Å²) in [4.78, 5) is 13.4. The molecule has 0 amide bonds. The summed E-state index contributed by atoms with van der Waals surface area (Å²) >= 11 is 0. The van der Waals surface area contributed by atoms with E-state index in [1.165, 1.54) is 26.1 Å². The zero-order valence-electron chi connectivity index (χ0n) is 8.52. The molecule has 5 nitrogen and oxygen atoms in total. The number of sulfone groups is 1. The van der Waals surface area contributed by atoms with Gasteiger partial charge >= 0.3 is 5.97 Å². The quantitative estimate of drug-likeness (QED) is 0.805. The predicted molar refractivity (Wildman–Crippen MR) is 54.3 cm³/mol. The Morgan fingerprint density at radius 1 is 1.53 bits per heavy atom. The first-order chi connectivity index (χ1) is 6.76. The molecule has 0 radical (unpaired) electrons. The van der Waals surface area contributed by atoms with E-state index in [1.54, 1.807) is 6.07 Å². The number of nitrogens with one attached hydrogen (secondary N) is 1. The highest BCUT2D eigenvalue weighted by atomic mass is 32.2. The van der Waals surface area contributed by atoms with Crippen LogP contribution in [0.2, 0.25) is 0 Å². The van der Waals surface area contributed by atoms with Crippen LogP contribution >= 0.6 is 0 Å². The first-order valence-electron chi connectivity index (χ1n) is 4.35. The SMILES string of the molecule is CC(C)(CS(=O)(=O)c1ccc[nH]1)C(=O)O. The minimum Gasteiger partial charge on any atom is -0.481 e. The third-order valence-corrected chi connectivity index (χ3v) is 4.06. The molecule has 0 aliphatic carbocycles. The molecule has 1 aromatic heterocycles. The number of aromatic nitrogens is 1. The molecule has 0 unspecified atom stereocenters. The largest absolute Gasteiger partial charge is 0.481 e. The molecule has 0 aliphatic rings. The third kappa shape index (κ3) is 2.59. The second-order valence-electron chi connectivity index (χ2n) is 3.98. The van der Waals surface area contributed by atoms with Crippen LogP contribution < -0.4 is 0 Å². The molecule has 2 N–H and O–H groups in total. The molecular formula is C9H13NO4S. The van der Waals surface area contributed by atoms with Gasteiger partial charge in [-0.15, -0.1) is 0 Å². The number of rotatable bonds is 4.